The number of hydrogen-bond acceptors (Lipinski definition) is 2. The van der Waals surface area contributed by atoms with Crippen molar-refractivity contribution in [1.82, 2.24) is 5.32 Å². The van der Waals surface area contributed by atoms with Gasteiger partial charge in [0.1, 0.15) is 0 Å². The number of anilines is 1. The zero-order chi connectivity index (χ0) is 17.4. The molecule has 1 aliphatic heterocycles. The molecular weight excluding hydrogens is 312 g/mol. The van der Waals surface area contributed by atoms with Gasteiger partial charge in [-0.05, 0) is 42.5 Å². The summed E-state index contributed by atoms with van der Waals surface area (Å²) in [6.45, 7) is 3.29. The molecule has 4 nitrogen and oxygen atoms in total. The number of rotatable bonds is 4. The number of nitrogens with zero attached hydrogens (tertiary/aromatic N) is 1. The predicted octanol–water partition coefficient (Wildman–Crippen LogP) is 2.84. The SMILES string of the molecule is Cc1ccccc1CNC(=O)C1CC1C(=O)N1CCc2ccccc21. The molecule has 0 radical (unpaired) electrons. The number of fused-ring (bicyclic) bond motifs is 1. The lowest BCUT2D eigenvalue weighted by molar-refractivity contribution is -0.126. The smallest absolute Gasteiger partial charge is 0.230 e. The minimum Gasteiger partial charge on any atom is -0.352 e. The number of nitrogens with one attached hydrogen (secondary N) is 1. The molecule has 25 heavy (non-hydrogen) atoms. The van der Waals surface area contributed by atoms with Crippen LogP contribution in [0.5, 0.6) is 0 Å². The van der Waals surface area contributed by atoms with Crippen LogP contribution in [0, 0.1) is 18.8 Å². The van der Waals surface area contributed by atoms with Crippen molar-refractivity contribution in [2.45, 2.75) is 26.3 Å². The first-order valence-corrected chi connectivity index (χ1v) is 8.86. The van der Waals surface area contributed by atoms with E-state index in [9.17, 15) is 9.59 Å². The van der Waals surface area contributed by atoms with Crippen LogP contribution in [0.2, 0.25) is 0 Å². The molecule has 2 aliphatic rings. The molecule has 0 bridgehead atoms. The fraction of sp³-hybridized carbons (Fsp3) is 0.333. The van der Waals surface area contributed by atoms with Gasteiger partial charge in [0.2, 0.25) is 11.8 Å². The molecule has 4 rings (SSSR count). The van der Waals surface area contributed by atoms with Gasteiger partial charge in [-0.3, -0.25) is 9.59 Å². The summed E-state index contributed by atoms with van der Waals surface area (Å²) in [4.78, 5) is 27.0. The van der Waals surface area contributed by atoms with Crippen LogP contribution < -0.4 is 10.2 Å². The van der Waals surface area contributed by atoms with Crippen molar-refractivity contribution in [3.63, 3.8) is 0 Å². The summed E-state index contributed by atoms with van der Waals surface area (Å²) in [6, 6.07) is 16.1. The zero-order valence-corrected chi connectivity index (χ0v) is 14.4. The number of aryl methyl sites for hydroxylation is 1. The van der Waals surface area contributed by atoms with Gasteiger partial charge in [0.05, 0.1) is 11.8 Å². The minimum absolute atomic E-state index is 0.00548. The first kappa shape index (κ1) is 15.9. The molecule has 128 valence electrons. The molecule has 0 spiro atoms. The van der Waals surface area contributed by atoms with Gasteiger partial charge in [-0.25, -0.2) is 0 Å². The molecule has 0 aromatic heterocycles. The number of hydrogen-bond donors (Lipinski definition) is 1. The van der Waals surface area contributed by atoms with Gasteiger partial charge in [-0.2, -0.15) is 0 Å². The lowest BCUT2D eigenvalue weighted by atomic mass is 10.1. The van der Waals surface area contributed by atoms with Crippen LogP contribution in [-0.2, 0) is 22.6 Å². The Balaban J connectivity index is 1.35. The molecule has 2 aromatic carbocycles. The monoisotopic (exact) mass is 334 g/mol. The Kier molecular flexibility index (Phi) is 4.04. The van der Waals surface area contributed by atoms with Crippen LogP contribution in [0.25, 0.3) is 0 Å². The van der Waals surface area contributed by atoms with E-state index in [2.05, 4.69) is 11.4 Å². The molecule has 1 aliphatic carbocycles. The standard InChI is InChI=1S/C21H22N2O2/c1-14-6-2-3-8-16(14)13-22-20(24)17-12-18(17)21(25)23-11-10-15-7-4-5-9-19(15)23/h2-9,17-18H,10-13H2,1H3,(H,22,24). The highest BCUT2D eigenvalue weighted by Gasteiger charge is 2.50. The summed E-state index contributed by atoms with van der Waals surface area (Å²) in [5, 5.41) is 2.99. The summed E-state index contributed by atoms with van der Waals surface area (Å²) in [5.74, 6) is -0.248. The van der Waals surface area contributed by atoms with Gasteiger partial charge < -0.3 is 10.2 Å². The Morgan fingerprint density at radius 1 is 1.08 bits per heavy atom. The molecule has 4 heteroatoms. The van der Waals surface area contributed by atoms with Crippen molar-refractivity contribution in [2.24, 2.45) is 11.8 Å². The predicted molar refractivity (Wildman–Crippen MR) is 97.1 cm³/mol. The average molecular weight is 334 g/mol. The van der Waals surface area contributed by atoms with E-state index >= 15 is 0 Å². The first-order valence-electron chi connectivity index (χ1n) is 8.86. The third-order valence-corrected chi connectivity index (χ3v) is 5.31. The average Bonchev–Trinajstić information content (AvgIpc) is 3.32. The van der Waals surface area contributed by atoms with Crippen molar-refractivity contribution in [3.05, 3.63) is 65.2 Å². The second kappa shape index (κ2) is 6.36. The Bertz CT molecular complexity index is 830. The van der Waals surface area contributed by atoms with Gasteiger partial charge in [0, 0.05) is 18.8 Å². The molecule has 2 aromatic rings. The quantitative estimate of drug-likeness (QED) is 0.935. The molecule has 2 atom stereocenters. The highest BCUT2D eigenvalue weighted by atomic mass is 16.2. The summed E-state index contributed by atoms with van der Waals surface area (Å²) < 4.78 is 0. The second-order valence-electron chi connectivity index (χ2n) is 6.96. The number of para-hydroxylation sites is 1. The molecule has 0 saturated heterocycles. The largest absolute Gasteiger partial charge is 0.352 e. The maximum atomic E-state index is 12.8. The number of amides is 2. The van der Waals surface area contributed by atoms with Crippen LogP contribution in [0.1, 0.15) is 23.1 Å². The zero-order valence-electron chi connectivity index (χ0n) is 14.4. The van der Waals surface area contributed by atoms with E-state index in [4.69, 9.17) is 0 Å². The lowest BCUT2D eigenvalue weighted by Gasteiger charge is -2.17. The van der Waals surface area contributed by atoms with Gasteiger partial charge >= 0.3 is 0 Å². The maximum absolute atomic E-state index is 12.8. The van der Waals surface area contributed by atoms with Crippen molar-refractivity contribution >= 4 is 17.5 Å². The van der Waals surface area contributed by atoms with E-state index in [0.29, 0.717) is 13.0 Å². The van der Waals surface area contributed by atoms with E-state index < -0.39 is 0 Å². The van der Waals surface area contributed by atoms with Crippen molar-refractivity contribution in [3.8, 4) is 0 Å². The van der Waals surface area contributed by atoms with E-state index in [1.807, 2.05) is 54.3 Å². The van der Waals surface area contributed by atoms with Gasteiger partial charge in [0.25, 0.3) is 0 Å². The third-order valence-electron chi connectivity index (χ3n) is 5.31. The second-order valence-corrected chi connectivity index (χ2v) is 6.96. The molecule has 1 N–H and O–H groups in total. The van der Waals surface area contributed by atoms with E-state index in [1.54, 1.807) is 0 Å². The van der Waals surface area contributed by atoms with Crippen LogP contribution in [0.3, 0.4) is 0 Å². The fourth-order valence-electron chi connectivity index (χ4n) is 3.65. The lowest BCUT2D eigenvalue weighted by Crippen LogP contribution is -2.33. The topological polar surface area (TPSA) is 49.4 Å². The molecule has 1 heterocycles. The minimum atomic E-state index is -0.177. The van der Waals surface area contributed by atoms with Crippen LogP contribution >= 0.6 is 0 Å². The van der Waals surface area contributed by atoms with Crippen LogP contribution in [0.4, 0.5) is 5.69 Å². The van der Waals surface area contributed by atoms with Crippen molar-refractivity contribution < 1.29 is 9.59 Å². The summed E-state index contributed by atoms with van der Waals surface area (Å²) in [5.41, 5.74) is 4.52. The fourth-order valence-corrected chi connectivity index (χ4v) is 3.65. The summed E-state index contributed by atoms with van der Waals surface area (Å²) >= 11 is 0. The maximum Gasteiger partial charge on any atom is 0.230 e. The molecule has 1 saturated carbocycles. The van der Waals surface area contributed by atoms with Crippen LogP contribution in [0.15, 0.2) is 48.5 Å². The van der Waals surface area contributed by atoms with E-state index in [-0.39, 0.29) is 23.7 Å². The first-order chi connectivity index (χ1) is 12.1. The molecule has 2 unspecified atom stereocenters. The number of carbonyl (C=O) groups is 2. The van der Waals surface area contributed by atoms with Crippen LogP contribution in [-0.4, -0.2) is 18.4 Å². The number of benzene rings is 2. The Hall–Kier alpha value is -2.62. The summed E-state index contributed by atoms with van der Waals surface area (Å²) in [6.07, 6.45) is 1.57. The Labute approximate surface area is 147 Å². The van der Waals surface area contributed by atoms with Gasteiger partial charge in [0.15, 0.2) is 0 Å². The van der Waals surface area contributed by atoms with E-state index in [0.717, 1.165) is 24.2 Å². The molecule has 1 fully saturated rings. The van der Waals surface area contributed by atoms with Gasteiger partial charge in [-0.15, -0.1) is 0 Å². The highest BCUT2D eigenvalue weighted by molar-refractivity contribution is 6.02. The van der Waals surface area contributed by atoms with E-state index in [1.165, 1.54) is 11.1 Å². The van der Waals surface area contributed by atoms with Gasteiger partial charge in [-0.1, -0.05) is 42.5 Å². The van der Waals surface area contributed by atoms with Crippen molar-refractivity contribution in [1.29, 1.82) is 0 Å². The Morgan fingerprint density at radius 2 is 1.84 bits per heavy atom. The normalized spacial score (nSPS) is 20.9. The Morgan fingerprint density at radius 3 is 2.68 bits per heavy atom. The number of carbonyl (C=O) groups excluding carboxylic acids is 2. The molecule has 2 amide bonds. The summed E-state index contributed by atoms with van der Waals surface area (Å²) in [7, 11) is 0. The van der Waals surface area contributed by atoms with Crippen molar-refractivity contribution in [2.75, 3.05) is 11.4 Å². The highest BCUT2D eigenvalue weighted by Crippen LogP contribution is 2.42. The molecular formula is C21H22N2O2. The third kappa shape index (κ3) is 3.04.